The van der Waals surface area contributed by atoms with E-state index in [-0.39, 0.29) is 49.0 Å². The van der Waals surface area contributed by atoms with Crippen molar-refractivity contribution in [2.24, 2.45) is 32.7 Å². The van der Waals surface area contributed by atoms with Gasteiger partial charge in [0.25, 0.3) is 0 Å². The van der Waals surface area contributed by atoms with E-state index < -0.39 is 35.0 Å². The Labute approximate surface area is 327 Å². The molecular formula is C41H53N9O6. The van der Waals surface area contributed by atoms with Crippen molar-refractivity contribution in [2.45, 2.75) is 89.6 Å². The summed E-state index contributed by atoms with van der Waals surface area (Å²) in [5, 5.41) is 41.8. The number of allylic oxidation sites excluding steroid dienone is 1. The number of anilines is 2. The summed E-state index contributed by atoms with van der Waals surface area (Å²) in [6, 6.07) is 3.97. The van der Waals surface area contributed by atoms with Crippen molar-refractivity contribution in [1.29, 1.82) is 0 Å². The molecule has 15 nitrogen and oxygen atoms in total. The fraction of sp³-hybridized carbons (Fsp3) is 0.537. The van der Waals surface area contributed by atoms with Gasteiger partial charge < -0.3 is 30.3 Å². The van der Waals surface area contributed by atoms with E-state index in [2.05, 4.69) is 54.4 Å². The van der Waals surface area contributed by atoms with Gasteiger partial charge in [0.2, 0.25) is 17.8 Å². The average molecular weight is 768 g/mol. The van der Waals surface area contributed by atoms with Crippen LogP contribution in [0, 0.1) is 22.7 Å². The van der Waals surface area contributed by atoms with E-state index >= 15 is 0 Å². The predicted octanol–water partition coefficient (Wildman–Crippen LogP) is 2.78. The van der Waals surface area contributed by atoms with Gasteiger partial charge in [-0.2, -0.15) is 0 Å². The number of rotatable bonds is 12. The molecule has 0 spiro atoms. The van der Waals surface area contributed by atoms with E-state index in [1.54, 1.807) is 43.9 Å². The molecule has 56 heavy (non-hydrogen) atoms. The Morgan fingerprint density at radius 2 is 1.98 bits per heavy atom. The molecular weight excluding hydrogens is 715 g/mol. The summed E-state index contributed by atoms with van der Waals surface area (Å²) in [7, 11) is 0. The van der Waals surface area contributed by atoms with E-state index in [1.165, 1.54) is 0 Å². The van der Waals surface area contributed by atoms with Gasteiger partial charge in [-0.05, 0) is 87.0 Å². The lowest BCUT2D eigenvalue weighted by atomic mass is 9.45. The molecule has 6 unspecified atom stereocenters. The van der Waals surface area contributed by atoms with Crippen LogP contribution in [0.25, 0.3) is 6.08 Å². The van der Waals surface area contributed by atoms with Crippen LogP contribution < -0.4 is 20.9 Å². The molecule has 2 aliphatic carbocycles. The molecule has 2 saturated carbocycles. The van der Waals surface area contributed by atoms with Crippen LogP contribution in [0.4, 0.5) is 11.8 Å². The maximum atomic E-state index is 13.8. The minimum absolute atomic E-state index is 0.000883. The summed E-state index contributed by atoms with van der Waals surface area (Å²) in [5.74, 6) is 0.578. The molecule has 5 heterocycles. The third-order valence-corrected chi connectivity index (χ3v) is 12.8. The maximum absolute atomic E-state index is 13.8. The quantitative estimate of drug-likeness (QED) is 0.136. The van der Waals surface area contributed by atoms with Gasteiger partial charge in [0, 0.05) is 48.4 Å². The lowest BCUT2D eigenvalue weighted by molar-refractivity contribution is -0.156. The van der Waals surface area contributed by atoms with Crippen LogP contribution in [0.1, 0.15) is 64.9 Å². The van der Waals surface area contributed by atoms with Gasteiger partial charge in [-0.1, -0.05) is 32.1 Å². The number of aliphatic hydroxyl groups excluding tert-OH is 3. The number of hydrogen-bond acceptors (Lipinski definition) is 14. The molecule has 7 rings (SSSR count). The highest BCUT2D eigenvalue weighted by Gasteiger charge is 2.60. The topological polar surface area (TPSA) is 207 Å². The minimum Gasteiger partial charge on any atom is -0.423 e. The first-order chi connectivity index (χ1) is 26.9. The van der Waals surface area contributed by atoms with Crippen molar-refractivity contribution in [2.75, 3.05) is 36.5 Å². The number of carbonyl (C=O) groups excluding carboxylic acids is 2. The van der Waals surface area contributed by atoms with Gasteiger partial charge in [0.1, 0.15) is 11.6 Å². The van der Waals surface area contributed by atoms with Gasteiger partial charge in [0.15, 0.2) is 0 Å². The zero-order chi connectivity index (χ0) is 39.6. The summed E-state index contributed by atoms with van der Waals surface area (Å²) in [4.78, 5) is 51.0. The fourth-order valence-electron chi connectivity index (χ4n) is 9.58. The van der Waals surface area contributed by atoms with Gasteiger partial charge in [0.05, 0.1) is 49.6 Å². The molecule has 2 aromatic heterocycles. The lowest BCUT2D eigenvalue weighted by Gasteiger charge is -2.62. The Kier molecular flexibility index (Phi) is 11.5. The Morgan fingerprint density at radius 1 is 1.18 bits per heavy atom. The number of aromatic nitrogens is 3. The van der Waals surface area contributed by atoms with Gasteiger partial charge in [-0.3, -0.25) is 15.4 Å². The van der Waals surface area contributed by atoms with Crippen molar-refractivity contribution < 1.29 is 29.6 Å². The first-order valence-corrected chi connectivity index (χ1v) is 19.6. The molecule has 0 bridgehead atoms. The maximum Gasteiger partial charge on any atom is 0.341 e. The number of amides is 1. The molecule has 1 amide bonds. The number of fused-ring (bicyclic) bond motifs is 1. The monoisotopic (exact) mass is 767 g/mol. The van der Waals surface area contributed by atoms with Crippen LogP contribution in [-0.4, -0.2) is 111 Å². The Balaban J connectivity index is 1.19. The summed E-state index contributed by atoms with van der Waals surface area (Å²) < 4.78 is 5.83. The molecule has 6 N–H and O–H groups in total. The smallest absolute Gasteiger partial charge is 0.341 e. The van der Waals surface area contributed by atoms with Gasteiger partial charge in [-0.25, -0.2) is 29.7 Å². The Morgan fingerprint density at radius 3 is 2.68 bits per heavy atom. The van der Waals surface area contributed by atoms with Crippen LogP contribution >= 0.6 is 0 Å². The van der Waals surface area contributed by atoms with Gasteiger partial charge >= 0.3 is 5.97 Å². The molecule has 1 saturated heterocycles. The molecule has 0 aromatic carbocycles. The number of cyclic esters (lactones) is 1. The standard InChI is InChI=1S/C41H53N9O6/c1-24-30(40(3)11-10-34(53)41(4,23-52)33(40)19-31(24)47-25(2)36(54)49-38-43-13-14-44-38)18-32(48-35-9-5-6-12-42-35)29-17-28(56-37(29)55)16-26-20-45-39(46-21-26)50-15-7-8-27(50)22-51/h5-6,9,12-13,16-17,20-21,25,27,30-34,47,51-53H,1,7-8,10-11,14-15,18-19,22-23H2,2-4H3,(H,42,48)(H,44,49,54)/b28-16+/t25?,27?,30?,31?,32?,33?,34-,40-,41+/m1/s1. The van der Waals surface area contributed by atoms with E-state index in [9.17, 15) is 24.9 Å². The zero-order valence-electron chi connectivity index (χ0n) is 32.3. The highest BCUT2D eigenvalue weighted by atomic mass is 16.5. The molecule has 9 atom stereocenters. The van der Waals surface area contributed by atoms with Crippen LogP contribution in [0.2, 0.25) is 0 Å². The minimum atomic E-state index is -0.818. The number of guanidine groups is 1. The Hall–Kier alpha value is -4.83. The summed E-state index contributed by atoms with van der Waals surface area (Å²) in [6.45, 7) is 11.6. The molecule has 0 radical (unpaired) electrons. The van der Waals surface area contributed by atoms with E-state index in [4.69, 9.17) is 4.74 Å². The Bertz CT molecular complexity index is 1920. The van der Waals surface area contributed by atoms with Crippen molar-refractivity contribution >= 4 is 41.9 Å². The van der Waals surface area contributed by atoms with E-state index in [0.29, 0.717) is 60.9 Å². The van der Waals surface area contributed by atoms with Crippen molar-refractivity contribution in [1.82, 2.24) is 25.6 Å². The number of ether oxygens (including phenoxy) is 1. The number of aliphatic imine (C=N–C) groups is 2. The first kappa shape index (κ1) is 39.4. The highest BCUT2D eigenvalue weighted by Crippen LogP contribution is 2.62. The van der Waals surface area contributed by atoms with Crippen LogP contribution in [0.15, 0.2) is 76.3 Å². The number of aliphatic hydroxyl groups is 3. The van der Waals surface area contributed by atoms with Crippen molar-refractivity contribution in [3.05, 3.63) is 71.9 Å². The molecule has 3 aliphatic heterocycles. The average Bonchev–Trinajstić information content (AvgIpc) is 3.98. The number of esters is 1. The summed E-state index contributed by atoms with van der Waals surface area (Å²) in [5.41, 5.74) is 0.700. The summed E-state index contributed by atoms with van der Waals surface area (Å²) in [6.07, 6.45) is 13.4. The molecule has 15 heteroatoms. The summed E-state index contributed by atoms with van der Waals surface area (Å²) >= 11 is 0. The van der Waals surface area contributed by atoms with Crippen LogP contribution in [0.3, 0.4) is 0 Å². The lowest BCUT2D eigenvalue weighted by Crippen LogP contribution is -2.62. The predicted molar refractivity (Wildman–Crippen MR) is 213 cm³/mol. The second-order valence-electron chi connectivity index (χ2n) is 16.2. The molecule has 2 aromatic rings. The van der Waals surface area contributed by atoms with Crippen LogP contribution in [0.5, 0.6) is 0 Å². The van der Waals surface area contributed by atoms with Crippen molar-refractivity contribution in [3.63, 3.8) is 0 Å². The van der Waals surface area contributed by atoms with E-state index in [0.717, 1.165) is 25.0 Å². The van der Waals surface area contributed by atoms with Gasteiger partial charge in [-0.15, -0.1) is 0 Å². The third-order valence-electron chi connectivity index (χ3n) is 12.8. The largest absolute Gasteiger partial charge is 0.423 e. The van der Waals surface area contributed by atoms with Crippen LogP contribution in [-0.2, 0) is 14.3 Å². The second-order valence-corrected chi connectivity index (χ2v) is 16.2. The molecule has 298 valence electrons. The number of carbonyl (C=O) groups is 2. The third kappa shape index (κ3) is 7.77. The normalized spacial score (nSPS) is 31.8. The number of nitrogens with one attached hydrogen (secondary N) is 3. The zero-order valence-corrected chi connectivity index (χ0v) is 32.3. The fourth-order valence-corrected chi connectivity index (χ4v) is 9.58. The highest BCUT2D eigenvalue weighted by molar-refractivity contribution is 6.04. The van der Waals surface area contributed by atoms with E-state index in [1.807, 2.05) is 30.0 Å². The van der Waals surface area contributed by atoms with Crippen molar-refractivity contribution in [3.8, 4) is 0 Å². The second kappa shape index (κ2) is 16.3. The molecule has 5 aliphatic rings. The number of pyridine rings is 1. The number of nitrogens with zero attached hydrogens (tertiary/aromatic N) is 6. The SMILES string of the molecule is C=C1C(NC(C)C(=O)NC2=NCC=N2)CC2[C@](C)(CC[C@@H](O)[C@@]2(C)CO)C1CC(Nc1ccccn1)C1=C/C(=C\c2cnc(N3CCCC3CO)nc2)OC1=O. The first-order valence-electron chi connectivity index (χ1n) is 19.6. The number of hydrogen-bond donors (Lipinski definition) is 6. The molecule has 3 fully saturated rings.